The number of nitrogens with zero attached hydrogens (tertiary/aromatic N) is 1. The highest BCUT2D eigenvalue weighted by molar-refractivity contribution is 5.99. The monoisotopic (exact) mass is 358 g/mol. The van der Waals surface area contributed by atoms with Gasteiger partial charge in [0, 0.05) is 24.7 Å². The Labute approximate surface area is 153 Å². The van der Waals surface area contributed by atoms with Gasteiger partial charge >= 0.3 is 5.97 Å². The normalized spacial score (nSPS) is 26.0. The Bertz CT molecular complexity index is 723. The number of amides is 2. The van der Waals surface area contributed by atoms with E-state index in [9.17, 15) is 14.4 Å². The molecule has 0 bridgehead atoms. The highest BCUT2D eigenvalue weighted by Crippen LogP contribution is 2.31. The first-order chi connectivity index (χ1) is 12.3. The molecule has 2 N–H and O–H groups in total. The number of aromatic carboxylic acids is 1. The molecule has 1 atom stereocenters. The van der Waals surface area contributed by atoms with Crippen molar-refractivity contribution in [2.24, 2.45) is 11.8 Å². The molecular formula is C20H26N2O4. The number of carboxylic acids is 1. The lowest BCUT2D eigenvalue weighted by Crippen LogP contribution is -2.39. The van der Waals surface area contributed by atoms with E-state index in [-0.39, 0.29) is 35.8 Å². The highest BCUT2D eigenvalue weighted by Gasteiger charge is 2.38. The number of nitrogens with one attached hydrogen (secondary N) is 1. The molecule has 1 saturated carbocycles. The minimum atomic E-state index is -1.03. The van der Waals surface area contributed by atoms with Crippen molar-refractivity contribution >= 4 is 23.5 Å². The fourth-order valence-corrected chi connectivity index (χ4v) is 3.94. The van der Waals surface area contributed by atoms with Crippen molar-refractivity contribution in [3.63, 3.8) is 0 Å². The summed E-state index contributed by atoms with van der Waals surface area (Å²) < 4.78 is 0. The Morgan fingerprint density at radius 2 is 1.88 bits per heavy atom. The predicted octanol–water partition coefficient (Wildman–Crippen LogP) is 3.06. The van der Waals surface area contributed by atoms with Crippen molar-refractivity contribution in [2.45, 2.75) is 52.0 Å². The van der Waals surface area contributed by atoms with Gasteiger partial charge in [-0.1, -0.05) is 13.0 Å². The molecule has 0 spiro atoms. The van der Waals surface area contributed by atoms with Gasteiger partial charge < -0.3 is 15.3 Å². The standard InChI is InChI=1S/C20H26N2O4/c1-12-3-7-16(8-4-12)22-11-15(10-18(22)23)19(24)21-17-9-14(20(25)26)6-5-13(17)2/h5-6,9,12,15-16H,3-4,7-8,10-11H2,1-2H3,(H,21,24)(H,25,26). The molecule has 1 aromatic rings. The molecule has 0 aromatic heterocycles. The quantitative estimate of drug-likeness (QED) is 0.866. The third kappa shape index (κ3) is 3.89. The van der Waals surface area contributed by atoms with Crippen LogP contribution in [0.3, 0.4) is 0 Å². The molecule has 3 rings (SSSR count). The van der Waals surface area contributed by atoms with Crippen molar-refractivity contribution in [2.75, 3.05) is 11.9 Å². The predicted molar refractivity (Wildman–Crippen MR) is 98.0 cm³/mol. The Kier molecular flexibility index (Phi) is 5.30. The Morgan fingerprint density at radius 3 is 2.54 bits per heavy atom. The molecular weight excluding hydrogens is 332 g/mol. The number of carbonyl (C=O) groups excluding carboxylic acids is 2. The van der Waals surface area contributed by atoms with Gasteiger partial charge in [-0.2, -0.15) is 0 Å². The number of benzene rings is 1. The fourth-order valence-electron chi connectivity index (χ4n) is 3.94. The van der Waals surface area contributed by atoms with Crippen LogP contribution in [0.4, 0.5) is 5.69 Å². The highest BCUT2D eigenvalue weighted by atomic mass is 16.4. The summed E-state index contributed by atoms with van der Waals surface area (Å²) in [4.78, 5) is 38.0. The summed E-state index contributed by atoms with van der Waals surface area (Å²) in [6, 6.07) is 4.91. The van der Waals surface area contributed by atoms with Gasteiger partial charge in [-0.05, 0) is 56.2 Å². The van der Waals surface area contributed by atoms with Gasteiger partial charge in [0.25, 0.3) is 0 Å². The van der Waals surface area contributed by atoms with Gasteiger partial charge in [-0.3, -0.25) is 9.59 Å². The number of hydrogen-bond donors (Lipinski definition) is 2. The second kappa shape index (κ2) is 7.48. The number of carbonyl (C=O) groups is 3. The first kappa shape index (κ1) is 18.4. The van der Waals surface area contributed by atoms with E-state index in [1.54, 1.807) is 6.07 Å². The van der Waals surface area contributed by atoms with E-state index >= 15 is 0 Å². The van der Waals surface area contributed by atoms with Crippen molar-refractivity contribution in [1.29, 1.82) is 0 Å². The van der Waals surface area contributed by atoms with Crippen molar-refractivity contribution < 1.29 is 19.5 Å². The summed E-state index contributed by atoms with van der Waals surface area (Å²) in [5, 5.41) is 11.9. The summed E-state index contributed by atoms with van der Waals surface area (Å²) in [6.07, 6.45) is 4.52. The van der Waals surface area contributed by atoms with Gasteiger partial charge in [0.2, 0.25) is 11.8 Å². The molecule has 1 aromatic carbocycles. The van der Waals surface area contributed by atoms with Crippen LogP contribution in [0.5, 0.6) is 0 Å². The molecule has 1 saturated heterocycles. The maximum Gasteiger partial charge on any atom is 0.335 e. The first-order valence-corrected chi connectivity index (χ1v) is 9.29. The summed E-state index contributed by atoms with van der Waals surface area (Å²) in [5.41, 5.74) is 1.42. The van der Waals surface area contributed by atoms with Gasteiger partial charge in [0.1, 0.15) is 0 Å². The van der Waals surface area contributed by atoms with Gasteiger partial charge in [0.15, 0.2) is 0 Å². The number of carboxylic acid groups (broad SMARTS) is 1. The van der Waals surface area contributed by atoms with E-state index in [0.29, 0.717) is 18.2 Å². The van der Waals surface area contributed by atoms with Gasteiger partial charge in [-0.25, -0.2) is 4.79 Å². The molecule has 2 amide bonds. The Hall–Kier alpha value is -2.37. The molecule has 2 fully saturated rings. The van der Waals surface area contributed by atoms with Crippen molar-refractivity contribution in [1.82, 2.24) is 4.90 Å². The minimum absolute atomic E-state index is 0.0562. The summed E-state index contributed by atoms with van der Waals surface area (Å²) in [5.74, 6) is -0.854. The molecule has 1 aliphatic heterocycles. The average molecular weight is 358 g/mol. The van der Waals surface area contributed by atoms with E-state index in [2.05, 4.69) is 12.2 Å². The van der Waals surface area contributed by atoms with Gasteiger partial charge in [-0.15, -0.1) is 0 Å². The molecule has 2 aliphatic rings. The third-order valence-electron chi connectivity index (χ3n) is 5.70. The van der Waals surface area contributed by atoms with E-state index in [1.165, 1.54) is 12.1 Å². The zero-order valence-electron chi connectivity index (χ0n) is 15.3. The smallest absolute Gasteiger partial charge is 0.335 e. The van der Waals surface area contributed by atoms with E-state index in [0.717, 1.165) is 31.2 Å². The summed E-state index contributed by atoms with van der Waals surface area (Å²) in [7, 11) is 0. The second-order valence-electron chi connectivity index (χ2n) is 7.68. The summed E-state index contributed by atoms with van der Waals surface area (Å²) >= 11 is 0. The van der Waals surface area contributed by atoms with Crippen LogP contribution in [0, 0.1) is 18.8 Å². The van der Waals surface area contributed by atoms with Crippen LogP contribution in [0.2, 0.25) is 0 Å². The Morgan fingerprint density at radius 1 is 1.19 bits per heavy atom. The lowest BCUT2D eigenvalue weighted by atomic mass is 9.87. The van der Waals surface area contributed by atoms with Crippen LogP contribution >= 0.6 is 0 Å². The number of hydrogen-bond acceptors (Lipinski definition) is 3. The molecule has 1 unspecified atom stereocenters. The molecule has 6 nitrogen and oxygen atoms in total. The number of aryl methyl sites for hydroxylation is 1. The summed E-state index contributed by atoms with van der Waals surface area (Å²) in [6.45, 7) is 4.52. The molecule has 26 heavy (non-hydrogen) atoms. The van der Waals surface area contributed by atoms with Crippen LogP contribution in [0.25, 0.3) is 0 Å². The minimum Gasteiger partial charge on any atom is -0.478 e. The topological polar surface area (TPSA) is 86.7 Å². The van der Waals surface area contributed by atoms with E-state index in [4.69, 9.17) is 5.11 Å². The van der Waals surface area contributed by atoms with E-state index in [1.807, 2.05) is 11.8 Å². The lowest BCUT2D eigenvalue weighted by molar-refractivity contribution is -0.130. The molecule has 140 valence electrons. The zero-order valence-corrected chi connectivity index (χ0v) is 15.3. The maximum atomic E-state index is 12.6. The second-order valence-corrected chi connectivity index (χ2v) is 7.68. The number of rotatable bonds is 4. The molecule has 1 aliphatic carbocycles. The largest absolute Gasteiger partial charge is 0.478 e. The Balaban J connectivity index is 1.65. The fraction of sp³-hybridized carbons (Fsp3) is 0.550. The molecule has 0 radical (unpaired) electrons. The third-order valence-corrected chi connectivity index (χ3v) is 5.70. The molecule has 1 heterocycles. The van der Waals surface area contributed by atoms with Crippen LogP contribution in [-0.4, -0.2) is 40.4 Å². The van der Waals surface area contributed by atoms with Crippen molar-refractivity contribution in [3.05, 3.63) is 29.3 Å². The number of anilines is 1. The van der Waals surface area contributed by atoms with Crippen LogP contribution in [-0.2, 0) is 9.59 Å². The van der Waals surface area contributed by atoms with Crippen LogP contribution in [0.15, 0.2) is 18.2 Å². The maximum absolute atomic E-state index is 12.6. The van der Waals surface area contributed by atoms with E-state index < -0.39 is 5.97 Å². The average Bonchev–Trinajstić information content (AvgIpc) is 2.99. The zero-order chi connectivity index (χ0) is 18.8. The van der Waals surface area contributed by atoms with Crippen LogP contribution < -0.4 is 5.32 Å². The van der Waals surface area contributed by atoms with Crippen LogP contribution in [0.1, 0.15) is 54.9 Å². The lowest BCUT2D eigenvalue weighted by Gasteiger charge is -2.33. The number of likely N-dealkylation sites (tertiary alicyclic amines) is 1. The SMILES string of the molecule is Cc1ccc(C(=O)O)cc1NC(=O)C1CC(=O)N(C2CCC(C)CC2)C1. The first-order valence-electron chi connectivity index (χ1n) is 9.29. The molecule has 6 heteroatoms. The van der Waals surface area contributed by atoms with Crippen molar-refractivity contribution in [3.8, 4) is 0 Å². The van der Waals surface area contributed by atoms with Gasteiger partial charge in [0.05, 0.1) is 11.5 Å².